The van der Waals surface area contributed by atoms with Crippen LogP contribution in [-0.2, 0) is 10.0 Å². The van der Waals surface area contributed by atoms with Crippen molar-refractivity contribution in [2.24, 2.45) is 5.92 Å². The number of aliphatic hydroxyl groups excluding tert-OH is 1. The number of nitrogens with zero attached hydrogens (tertiary/aromatic N) is 1. The van der Waals surface area contributed by atoms with E-state index in [9.17, 15) is 17.9 Å². The molecule has 1 heterocycles. The van der Waals surface area contributed by atoms with Gasteiger partial charge in [0, 0.05) is 18.8 Å². The summed E-state index contributed by atoms with van der Waals surface area (Å²) in [4.78, 5) is -0.345. The van der Waals surface area contributed by atoms with E-state index in [1.807, 2.05) is 0 Å². The van der Waals surface area contributed by atoms with Gasteiger partial charge < -0.3 is 10.8 Å². The predicted molar refractivity (Wildman–Crippen MR) is 74.0 cm³/mol. The SMILES string of the molecule is CC(O)C1CCN(S(=O)(=O)c2ccc(N)cc2F)CC1. The molecule has 2 rings (SSSR count). The predicted octanol–water partition coefficient (Wildman–Crippen LogP) is 1.19. The van der Waals surface area contributed by atoms with Gasteiger partial charge in [0.25, 0.3) is 0 Å². The minimum absolute atomic E-state index is 0.0951. The first kappa shape index (κ1) is 15.2. The largest absolute Gasteiger partial charge is 0.399 e. The second-order valence-corrected chi connectivity index (χ2v) is 7.08. The first-order valence-corrected chi connectivity index (χ1v) is 7.99. The van der Waals surface area contributed by atoms with E-state index in [0.29, 0.717) is 25.9 Å². The van der Waals surface area contributed by atoms with Crippen LogP contribution in [0.5, 0.6) is 0 Å². The Morgan fingerprint density at radius 3 is 2.50 bits per heavy atom. The Bertz CT molecular complexity index is 581. The van der Waals surface area contributed by atoms with Crippen LogP contribution in [0.1, 0.15) is 19.8 Å². The van der Waals surface area contributed by atoms with Crippen LogP contribution >= 0.6 is 0 Å². The van der Waals surface area contributed by atoms with Crippen molar-refractivity contribution in [1.29, 1.82) is 0 Å². The van der Waals surface area contributed by atoms with E-state index < -0.39 is 21.9 Å². The van der Waals surface area contributed by atoms with Gasteiger partial charge in [-0.05, 0) is 43.9 Å². The lowest BCUT2D eigenvalue weighted by Crippen LogP contribution is -2.40. The van der Waals surface area contributed by atoms with Gasteiger partial charge >= 0.3 is 0 Å². The summed E-state index contributed by atoms with van der Waals surface area (Å²) < 4.78 is 39.8. The summed E-state index contributed by atoms with van der Waals surface area (Å²) in [5.74, 6) is -0.736. The number of hydrogen-bond acceptors (Lipinski definition) is 4. The first-order chi connectivity index (χ1) is 9.32. The summed E-state index contributed by atoms with van der Waals surface area (Å²) in [6.07, 6.45) is 0.703. The van der Waals surface area contributed by atoms with Crippen molar-refractivity contribution >= 4 is 15.7 Å². The number of rotatable bonds is 3. The summed E-state index contributed by atoms with van der Waals surface area (Å²) in [6.45, 7) is 2.29. The van der Waals surface area contributed by atoms with Gasteiger partial charge in [-0.3, -0.25) is 0 Å². The van der Waals surface area contributed by atoms with Crippen molar-refractivity contribution in [3.63, 3.8) is 0 Å². The van der Waals surface area contributed by atoms with Crippen molar-refractivity contribution in [2.45, 2.75) is 30.8 Å². The summed E-state index contributed by atoms with van der Waals surface area (Å²) >= 11 is 0. The number of nitrogen functional groups attached to an aromatic ring is 1. The molecule has 1 unspecified atom stereocenters. The van der Waals surface area contributed by atoms with Crippen molar-refractivity contribution in [1.82, 2.24) is 4.31 Å². The molecule has 0 aliphatic carbocycles. The molecule has 0 saturated carbocycles. The Morgan fingerprint density at radius 1 is 1.40 bits per heavy atom. The molecule has 0 amide bonds. The van der Waals surface area contributed by atoms with E-state index in [2.05, 4.69) is 0 Å². The number of hydrogen-bond donors (Lipinski definition) is 2. The third kappa shape index (κ3) is 2.94. The van der Waals surface area contributed by atoms with Crippen LogP contribution in [0.2, 0.25) is 0 Å². The van der Waals surface area contributed by atoms with E-state index in [1.165, 1.54) is 16.4 Å². The van der Waals surface area contributed by atoms with Crippen LogP contribution in [0.3, 0.4) is 0 Å². The Morgan fingerprint density at radius 2 is 2.00 bits per heavy atom. The molecule has 1 saturated heterocycles. The van der Waals surface area contributed by atoms with Gasteiger partial charge in [0.2, 0.25) is 10.0 Å². The van der Waals surface area contributed by atoms with E-state index in [-0.39, 0.29) is 16.5 Å². The van der Waals surface area contributed by atoms with Gasteiger partial charge in [-0.25, -0.2) is 12.8 Å². The molecule has 0 radical (unpaired) electrons. The van der Waals surface area contributed by atoms with Crippen molar-refractivity contribution in [3.05, 3.63) is 24.0 Å². The molecule has 3 N–H and O–H groups in total. The number of piperidine rings is 1. The zero-order valence-corrected chi connectivity index (χ0v) is 12.1. The van der Waals surface area contributed by atoms with E-state index in [1.54, 1.807) is 6.92 Å². The van der Waals surface area contributed by atoms with Crippen LogP contribution in [0.25, 0.3) is 0 Å². The van der Waals surface area contributed by atoms with Gasteiger partial charge in [-0.1, -0.05) is 0 Å². The molecular weight excluding hydrogens is 283 g/mol. The first-order valence-electron chi connectivity index (χ1n) is 6.55. The molecule has 1 aliphatic rings. The normalized spacial score (nSPS) is 19.9. The molecule has 1 aromatic carbocycles. The minimum Gasteiger partial charge on any atom is -0.399 e. The van der Waals surface area contributed by atoms with Gasteiger partial charge in [0.1, 0.15) is 10.7 Å². The second-order valence-electron chi connectivity index (χ2n) is 5.17. The molecule has 20 heavy (non-hydrogen) atoms. The fourth-order valence-electron chi connectivity index (χ4n) is 2.46. The van der Waals surface area contributed by atoms with Crippen molar-refractivity contribution in [2.75, 3.05) is 18.8 Å². The molecule has 0 bridgehead atoms. The number of nitrogens with two attached hydrogens (primary N) is 1. The second kappa shape index (κ2) is 5.67. The van der Waals surface area contributed by atoms with Gasteiger partial charge in [0.15, 0.2) is 0 Å². The van der Waals surface area contributed by atoms with Crippen LogP contribution in [0.15, 0.2) is 23.1 Å². The van der Waals surface area contributed by atoms with Gasteiger partial charge in [-0.15, -0.1) is 0 Å². The molecule has 112 valence electrons. The molecular formula is C13H19FN2O3S. The molecule has 1 aliphatic heterocycles. The zero-order valence-electron chi connectivity index (χ0n) is 11.3. The van der Waals surface area contributed by atoms with E-state index in [4.69, 9.17) is 5.73 Å². The molecule has 1 atom stereocenters. The quantitative estimate of drug-likeness (QED) is 0.822. The molecule has 1 fully saturated rings. The lowest BCUT2D eigenvalue weighted by molar-refractivity contribution is 0.0911. The highest BCUT2D eigenvalue weighted by atomic mass is 32.2. The Balaban J connectivity index is 2.20. The van der Waals surface area contributed by atoms with Crippen LogP contribution in [-0.4, -0.2) is 37.0 Å². The zero-order chi connectivity index (χ0) is 14.9. The Kier molecular flexibility index (Phi) is 4.31. The summed E-state index contributed by atoms with van der Waals surface area (Å²) in [5.41, 5.74) is 5.61. The Labute approximate surface area is 118 Å². The van der Waals surface area contributed by atoms with Crippen molar-refractivity contribution in [3.8, 4) is 0 Å². The lowest BCUT2D eigenvalue weighted by Gasteiger charge is -2.32. The van der Waals surface area contributed by atoms with Crippen molar-refractivity contribution < 1.29 is 17.9 Å². The maximum Gasteiger partial charge on any atom is 0.245 e. The third-order valence-corrected chi connectivity index (χ3v) is 5.69. The molecule has 0 spiro atoms. The molecule has 5 nitrogen and oxygen atoms in total. The summed E-state index contributed by atoms with van der Waals surface area (Å²) in [7, 11) is -3.84. The maximum absolute atomic E-state index is 13.8. The molecule has 0 aromatic heterocycles. The highest BCUT2D eigenvalue weighted by Gasteiger charge is 2.32. The van der Waals surface area contributed by atoms with E-state index >= 15 is 0 Å². The number of aliphatic hydroxyl groups is 1. The topological polar surface area (TPSA) is 83.6 Å². The fourth-order valence-corrected chi connectivity index (χ4v) is 3.98. The van der Waals surface area contributed by atoms with Crippen LogP contribution in [0.4, 0.5) is 10.1 Å². The van der Waals surface area contributed by atoms with Crippen LogP contribution in [0, 0.1) is 11.7 Å². The number of halogens is 1. The highest BCUT2D eigenvalue weighted by Crippen LogP contribution is 2.27. The van der Waals surface area contributed by atoms with Gasteiger partial charge in [-0.2, -0.15) is 4.31 Å². The maximum atomic E-state index is 13.8. The lowest BCUT2D eigenvalue weighted by atomic mass is 9.93. The monoisotopic (exact) mass is 302 g/mol. The number of anilines is 1. The van der Waals surface area contributed by atoms with E-state index in [0.717, 1.165) is 6.07 Å². The fraction of sp³-hybridized carbons (Fsp3) is 0.538. The summed E-state index contributed by atoms with van der Waals surface area (Å²) in [6, 6.07) is 3.58. The van der Waals surface area contributed by atoms with Gasteiger partial charge in [0.05, 0.1) is 6.10 Å². The smallest absolute Gasteiger partial charge is 0.245 e. The molecule has 7 heteroatoms. The minimum atomic E-state index is -3.84. The average molecular weight is 302 g/mol. The Hall–Kier alpha value is -1.18. The third-order valence-electron chi connectivity index (χ3n) is 3.75. The molecule has 1 aromatic rings. The number of benzene rings is 1. The summed E-state index contributed by atoms with van der Waals surface area (Å²) in [5, 5.41) is 9.52. The standard InChI is InChI=1S/C13H19FN2O3S/c1-9(17)10-4-6-16(7-5-10)20(18,19)13-3-2-11(15)8-12(13)14/h2-3,8-10,17H,4-7,15H2,1H3. The van der Waals surface area contributed by atoms with Crippen LogP contribution < -0.4 is 5.73 Å². The average Bonchev–Trinajstić information content (AvgIpc) is 2.38. The highest BCUT2D eigenvalue weighted by molar-refractivity contribution is 7.89. The number of sulfonamides is 1.